The van der Waals surface area contributed by atoms with Crippen LogP contribution in [-0.2, 0) is 4.79 Å². The second-order valence-electron chi connectivity index (χ2n) is 7.61. The lowest BCUT2D eigenvalue weighted by Gasteiger charge is -2.18. The van der Waals surface area contributed by atoms with Crippen molar-refractivity contribution < 1.29 is 14.3 Å². The van der Waals surface area contributed by atoms with Crippen molar-refractivity contribution in [1.29, 1.82) is 0 Å². The number of anilines is 3. The summed E-state index contributed by atoms with van der Waals surface area (Å²) >= 11 is 13.1. The highest BCUT2D eigenvalue weighted by atomic mass is 35.5. The van der Waals surface area contributed by atoms with Crippen molar-refractivity contribution in [3.8, 4) is 11.5 Å². The Morgan fingerprint density at radius 2 is 1.71 bits per heavy atom. The van der Waals surface area contributed by atoms with Gasteiger partial charge >= 0.3 is 0 Å². The molecule has 3 N–H and O–H groups in total. The van der Waals surface area contributed by atoms with E-state index in [0.29, 0.717) is 33.7 Å². The summed E-state index contributed by atoms with van der Waals surface area (Å²) in [7, 11) is 3.16. The number of methoxy groups -OCH3 is 2. The number of para-hydroxylation sites is 2. The van der Waals surface area contributed by atoms with Crippen LogP contribution in [0.2, 0.25) is 5.02 Å². The number of carbonyl (C=O) groups excluding carboxylic acids is 1. The Labute approximate surface area is 220 Å². The van der Waals surface area contributed by atoms with Gasteiger partial charge in [0, 0.05) is 21.7 Å². The molecule has 0 spiro atoms. The average molecular weight is 530 g/mol. The van der Waals surface area contributed by atoms with E-state index in [1.165, 1.54) is 11.8 Å². The Bertz CT molecular complexity index is 1210. The number of rotatable bonds is 9. The van der Waals surface area contributed by atoms with Gasteiger partial charge in [0.05, 0.1) is 30.8 Å². The van der Waals surface area contributed by atoms with Gasteiger partial charge in [0.15, 0.2) is 5.11 Å². The summed E-state index contributed by atoms with van der Waals surface area (Å²) in [6.07, 6.45) is 0.650. The zero-order chi connectivity index (χ0) is 25.4. The highest BCUT2D eigenvalue weighted by Gasteiger charge is 2.20. The molecule has 6 nitrogen and oxygen atoms in total. The van der Waals surface area contributed by atoms with E-state index in [0.717, 1.165) is 21.8 Å². The molecule has 3 aromatic rings. The molecule has 0 heterocycles. The van der Waals surface area contributed by atoms with Crippen molar-refractivity contribution >= 4 is 63.7 Å². The minimum Gasteiger partial charge on any atom is -0.495 e. The number of aryl methyl sites for hydroxylation is 1. The van der Waals surface area contributed by atoms with Crippen molar-refractivity contribution in [2.45, 2.75) is 30.4 Å². The first kappa shape index (κ1) is 26.7. The average Bonchev–Trinajstić information content (AvgIpc) is 2.85. The van der Waals surface area contributed by atoms with Gasteiger partial charge in [-0.3, -0.25) is 4.79 Å². The number of benzene rings is 3. The summed E-state index contributed by atoms with van der Waals surface area (Å²) in [5.41, 5.74) is 3.04. The summed E-state index contributed by atoms with van der Waals surface area (Å²) in [5.74, 6) is 1.12. The fourth-order valence-corrected chi connectivity index (χ4v) is 4.70. The molecule has 1 amide bonds. The molecule has 0 aliphatic rings. The standard InChI is InChI=1S/C26H28ClN3O3S2/c1-5-24(25(31)29-21-13-16(2)19(27)15-23(21)33-4)35-18-10-8-9-17(14-18)28-26(34)30-20-11-6-7-12-22(20)32-3/h6-15,24H,5H2,1-4H3,(H,29,31)(H2,28,30,34). The van der Waals surface area contributed by atoms with Crippen molar-refractivity contribution in [2.75, 3.05) is 30.2 Å². The second kappa shape index (κ2) is 12.7. The number of thioether (sulfide) groups is 1. The molecular weight excluding hydrogens is 502 g/mol. The summed E-state index contributed by atoms with van der Waals surface area (Å²) in [5, 5.41) is 10.0. The van der Waals surface area contributed by atoms with Crippen LogP contribution in [0.3, 0.4) is 0 Å². The number of hydrogen-bond acceptors (Lipinski definition) is 5. The lowest BCUT2D eigenvalue weighted by atomic mass is 10.2. The van der Waals surface area contributed by atoms with E-state index in [2.05, 4.69) is 16.0 Å². The predicted octanol–water partition coefficient (Wildman–Crippen LogP) is 6.98. The monoisotopic (exact) mass is 529 g/mol. The molecule has 35 heavy (non-hydrogen) atoms. The highest BCUT2D eigenvalue weighted by Crippen LogP contribution is 2.33. The van der Waals surface area contributed by atoms with Crippen LogP contribution >= 0.6 is 35.6 Å². The first-order chi connectivity index (χ1) is 16.8. The molecule has 0 saturated heterocycles. The largest absolute Gasteiger partial charge is 0.495 e. The maximum atomic E-state index is 13.1. The van der Waals surface area contributed by atoms with Crippen LogP contribution in [0, 0.1) is 6.92 Å². The maximum Gasteiger partial charge on any atom is 0.237 e. The fraction of sp³-hybridized carbons (Fsp3) is 0.231. The molecule has 0 aliphatic carbocycles. The van der Waals surface area contributed by atoms with E-state index in [4.69, 9.17) is 33.3 Å². The topological polar surface area (TPSA) is 71.6 Å². The first-order valence-corrected chi connectivity index (χ1v) is 12.6. The van der Waals surface area contributed by atoms with E-state index >= 15 is 0 Å². The van der Waals surface area contributed by atoms with Crippen LogP contribution in [0.1, 0.15) is 18.9 Å². The third kappa shape index (κ3) is 7.27. The summed E-state index contributed by atoms with van der Waals surface area (Å²) < 4.78 is 10.7. The van der Waals surface area contributed by atoms with Crippen molar-refractivity contribution in [3.63, 3.8) is 0 Å². The van der Waals surface area contributed by atoms with Gasteiger partial charge in [0.1, 0.15) is 11.5 Å². The van der Waals surface area contributed by atoms with Gasteiger partial charge in [0.2, 0.25) is 5.91 Å². The van der Waals surface area contributed by atoms with Crippen molar-refractivity contribution in [1.82, 2.24) is 0 Å². The van der Waals surface area contributed by atoms with Crippen LogP contribution in [0.4, 0.5) is 17.1 Å². The minimum absolute atomic E-state index is 0.107. The quantitative estimate of drug-likeness (QED) is 0.204. The van der Waals surface area contributed by atoms with Gasteiger partial charge in [-0.2, -0.15) is 0 Å². The lowest BCUT2D eigenvalue weighted by molar-refractivity contribution is -0.115. The van der Waals surface area contributed by atoms with Gasteiger partial charge in [-0.15, -0.1) is 11.8 Å². The Kier molecular flexibility index (Phi) is 9.65. The van der Waals surface area contributed by atoms with E-state index in [1.54, 1.807) is 20.3 Å². The zero-order valence-corrected chi connectivity index (χ0v) is 22.4. The Morgan fingerprint density at radius 3 is 2.43 bits per heavy atom. The first-order valence-electron chi connectivity index (χ1n) is 11.0. The normalized spacial score (nSPS) is 11.3. The molecule has 1 atom stereocenters. The van der Waals surface area contributed by atoms with Gasteiger partial charge < -0.3 is 25.4 Å². The molecule has 3 rings (SSSR count). The Morgan fingerprint density at radius 1 is 0.971 bits per heavy atom. The molecule has 0 radical (unpaired) electrons. The number of thiocarbonyl (C=S) groups is 1. The van der Waals surface area contributed by atoms with E-state index < -0.39 is 0 Å². The van der Waals surface area contributed by atoms with E-state index in [-0.39, 0.29) is 11.2 Å². The summed E-state index contributed by atoms with van der Waals surface area (Å²) in [6.45, 7) is 3.87. The van der Waals surface area contributed by atoms with Crippen LogP contribution in [0.5, 0.6) is 11.5 Å². The van der Waals surface area contributed by atoms with Crippen molar-refractivity contribution in [2.24, 2.45) is 0 Å². The summed E-state index contributed by atoms with van der Waals surface area (Å²) in [4.78, 5) is 14.0. The van der Waals surface area contributed by atoms with Gasteiger partial charge in [-0.05, 0) is 67.5 Å². The van der Waals surface area contributed by atoms with Crippen LogP contribution in [0.15, 0.2) is 65.6 Å². The van der Waals surface area contributed by atoms with E-state index in [1.807, 2.05) is 68.4 Å². The fourth-order valence-electron chi connectivity index (χ4n) is 3.31. The molecule has 9 heteroatoms. The van der Waals surface area contributed by atoms with Gasteiger partial charge in [-0.1, -0.05) is 36.7 Å². The predicted molar refractivity (Wildman–Crippen MR) is 151 cm³/mol. The minimum atomic E-state index is -0.301. The molecule has 0 bridgehead atoms. The molecule has 0 aliphatic heterocycles. The number of hydrogen-bond donors (Lipinski definition) is 3. The SMILES string of the molecule is CCC(Sc1cccc(NC(=S)Nc2ccccc2OC)c1)C(=O)Nc1cc(C)c(Cl)cc1OC. The van der Waals surface area contributed by atoms with Crippen LogP contribution < -0.4 is 25.4 Å². The van der Waals surface area contributed by atoms with E-state index in [9.17, 15) is 4.79 Å². The number of halogens is 1. The summed E-state index contributed by atoms with van der Waals surface area (Å²) in [6, 6.07) is 18.8. The number of ether oxygens (including phenoxy) is 2. The Balaban J connectivity index is 1.67. The lowest BCUT2D eigenvalue weighted by Crippen LogP contribution is -2.25. The third-order valence-corrected chi connectivity index (χ3v) is 7.10. The zero-order valence-electron chi connectivity index (χ0n) is 20.0. The molecule has 3 aromatic carbocycles. The Hall–Kier alpha value is -2.94. The number of carbonyl (C=O) groups is 1. The third-order valence-electron chi connectivity index (χ3n) is 5.13. The highest BCUT2D eigenvalue weighted by molar-refractivity contribution is 8.00. The smallest absolute Gasteiger partial charge is 0.237 e. The maximum absolute atomic E-state index is 13.1. The number of amides is 1. The molecule has 0 aromatic heterocycles. The molecule has 1 unspecified atom stereocenters. The van der Waals surface area contributed by atoms with Crippen LogP contribution in [0.25, 0.3) is 0 Å². The molecule has 0 saturated carbocycles. The molecular formula is C26H28ClN3O3S2. The number of nitrogens with one attached hydrogen (secondary N) is 3. The van der Waals surface area contributed by atoms with Gasteiger partial charge in [0.25, 0.3) is 0 Å². The molecule has 184 valence electrons. The molecule has 0 fully saturated rings. The van der Waals surface area contributed by atoms with Gasteiger partial charge in [-0.25, -0.2) is 0 Å². The van der Waals surface area contributed by atoms with Crippen molar-refractivity contribution in [3.05, 3.63) is 71.2 Å². The van der Waals surface area contributed by atoms with Crippen LogP contribution in [-0.4, -0.2) is 30.5 Å². The second-order valence-corrected chi connectivity index (χ2v) is 9.70.